The highest BCUT2D eigenvalue weighted by atomic mass is 32.1. The van der Waals surface area contributed by atoms with Crippen LogP contribution in [0.15, 0.2) is 53.9 Å². The smallest absolute Gasteiger partial charge is 0.266 e. The molecule has 1 aromatic heterocycles. The molecule has 1 aliphatic rings. The molecule has 1 aliphatic heterocycles. The number of hydrogen-bond donors (Lipinski definition) is 1. The van der Waals surface area contributed by atoms with Gasteiger partial charge in [0.15, 0.2) is 5.13 Å². The fourth-order valence-corrected chi connectivity index (χ4v) is 3.45. The molecule has 0 spiro atoms. The molecule has 2 aromatic carbocycles. The highest BCUT2D eigenvalue weighted by Crippen LogP contribution is 2.28. The van der Waals surface area contributed by atoms with Gasteiger partial charge in [-0.25, -0.2) is 9.88 Å². The van der Waals surface area contributed by atoms with Crippen LogP contribution in [0.4, 0.5) is 10.8 Å². The zero-order chi connectivity index (χ0) is 18.3. The van der Waals surface area contributed by atoms with E-state index in [0.29, 0.717) is 27.5 Å². The van der Waals surface area contributed by atoms with Gasteiger partial charge in [-0.1, -0.05) is 12.1 Å². The molecule has 0 unspecified atom stereocenters. The van der Waals surface area contributed by atoms with E-state index < -0.39 is 0 Å². The van der Waals surface area contributed by atoms with Gasteiger partial charge in [0.25, 0.3) is 17.7 Å². The molecule has 26 heavy (non-hydrogen) atoms. The normalized spacial score (nSPS) is 13.0. The fraction of sp³-hybridized carbons (Fsp3) is 0.0526. The number of carbonyl (C=O) groups excluding carboxylic acids is 3. The van der Waals surface area contributed by atoms with Gasteiger partial charge in [-0.15, -0.1) is 11.3 Å². The summed E-state index contributed by atoms with van der Waals surface area (Å²) in [7, 11) is 0. The molecule has 7 heteroatoms. The van der Waals surface area contributed by atoms with Crippen molar-refractivity contribution in [2.24, 2.45) is 0 Å². The monoisotopic (exact) mass is 363 g/mol. The van der Waals surface area contributed by atoms with Crippen molar-refractivity contribution >= 4 is 39.9 Å². The summed E-state index contributed by atoms with van der Waals surface area (Å²) in [5.74, 6) is -1.02. The molecular formula is C19H13N3O3S. The second kappa shape index (κ2) is 6.20. The molecule has 0 saturated heterocycles. The van der Waals surface area contributed by atoms with Crippen molar-refractivity contribution in [3.8, 4) is 0 Å². The van der Waals surface area contributed by atoms with E-state index in [0.717, 1.165) is 10.6 Å². The van der Waals surface area contributed by atoms with Gasteiger partial charge in [-0.2, -0.15) is 0 Å². The second-order valence-corrected chi connectivity index (χ2v) is 6.64. The van der Waals surface area contributed by atoms with Crippen LogP contribution >= 0.6 is 11.3 Å². The Morgan fingerprint density at radius 3 is 2.15 bits per heavy atom. The van der Waals surface area contributed by atoms with Crippen LogP contribution in [0, 0.1) is 6.92 Å². The lowest BCUT2D eigenvalue weighted by atomic mass is 10.1. The van der Waals surface area contributed by atoms with Crippen molar-refractivity contribution < 1.29 is 14.4 Å². The summed E-state index contributed by atoms with van der Waals surface area (Å²) in [6, 6.07) is 13.0. The maximum atomic E-state index is 12.5. The standard InChI is InChI=1S/C19H13N3O3S/c1-11-10-26-19(20-11)21-16(23)12-6-8-13(9-7-12)22-17(24)14-4-2-3-5-15(14)18(22)25/h2-10H,1H3,(H,20,21,23). The maximum Gasteiger partial charge on any atom is 0.266 e. The molecule has 0 aliphatic carbocycles. The lowest BCUT2D eigenvalue weighted by Gasteiger charge is -2.14. The van der Waals surface area contributed by atoms with Gasteiger partial charge < -0.3 is 0 Å². The van der Waals surface area contributed by atoms with E-state index in [1.807, 2.05) is 12.3 Å². The van der Waals surface area contributed by atoms with Crippen LogP contribution in [-0.4, -0.2) is 22.7 Å². The summed E-state index contributed by atoms with van der Waals surface area (Å²) in [5.41, 5.74) is 2.46. The first-order valence-electron chi connectivity index (χ1n) is 7.86. The van der Waals surface area contributed by atoms with Gasteiger partial charge in [-0.3, -0.25) is 19.7 Å². The molecule has 0 radical (unpaired) electrons. The van der Waals surface area contributed by atoms with Crippen molar-refractivity contribution in [1.29, 1.82) is 0 Å². The average Bonchev–Trinajstić information content (AvgIpc) is 3.17. The Hall–Kier alpha value is -3.32. The molecule has 3 amide bonds. The first-order valence-corrected chi connectivity index (χ1v) is 8.74. The Balaban J connectivity index is 1.56. The summed E-state index contributed by atoms with van der Waals surface area (Å²) < 4.78 is 0. The minimum Gasteiger partial charge on any atom is -0.298 e. The number of nitrogens with zero attached hydrogens (tertiary/aromatic N) is 2. The fourth-order valence-electron chi connectivity index (χ4n) is 2.77. The van der Waals surface area contributed by atoms with Crippen LogP contribution in [0.1, 0.15) is 36.8 Å². The number of rotatable bonds is 3. The Kier molecular flexibility index (Phi) is 3.85. The number of nitrogens with one attached hydrogen (secondary N) is 1. The summed E-state index contributed by atoms with van der Waals surface area (Å²) >= 11 is 1.35. The van der Waals surface area contributed by atoms with Crippen molar-refractivity contribution in [2.75, 3.05) is 10.2 Å². The first kappa shape index (κ1) is 16.2. The van der Waals surface area contributed by atoms with E-state index in [1.165, 1.54) is 11.3 Å². The van der Waals surface area contributed by atoms with Gasteiger partial charge in [0.05, 0.1) is 22.5 Å². The predicted octanol–water partition coefficient (Wildman–Crippen LogP) is 3.50. The van der Waals surface area contributed by atoms with E-state index in [4.69, 9.17) is 0 Å². The van der Waals surface area contributed by atoms with Crippen molar-refractivity contribution in [3.63, 3.8) is 0 Å². The number of aryl methyl sites for hydroxylation is 1. The Morgan fingerprint density at radius 2 is 1.62 bits per heavy atom. The minimum absolute atomic E-state index is 0.298. The van der Waals surface area contributed by atoms with E-state index in [2.05, 4.69) is 10.3 Å². The molecule has 6 nitrogen and oxygen atoms in total. The Bertz CT molecular complexity index is 1010. The number of aromatic nitrogens is 1. The van der Waals surface area contributed by atoms with E-state index in [9.17, 15) is 14.4 Å². The van der Waals surface area contributed by atoms with Gasteiger partial charge in [0.1, 0.15) is 0 Å². The number of imide groups is 1. The highest BCUT2D eigenvalue weighted by molar-refractivity contribution is 7.13. The summed E-state index contributed by atoms with van der Waals surface area (Å²) in [6.45, 7) is 1.85. The van der Waals surface area contributed by atoms with Crippen LogP contribution in [0.2, 0.25) is 0 Å². The molecule has 4 rings (SSSR count). The largest absolute Gasteiger partial charge is 0.298 e. The molecule has 2 heterocycles. The second-order valence-electron chi connectivity index (χ2n) is 5.79. The molecule has 3 aromatic rings. The van der Waals surface area contributed by atoms with Gasteiger partial charge >= 0.3 is 0 Å². The maximum absolute atomic E-state index is 12.5. The lowest BCUT2D eigenvalue weighted by Crippen LogP contribution is -2.29. The number of benzene rings is 2. The molecule has 1 N–H and O–H groups in total. The van der Waals surface area contributed by atoms with Crippen molar-refractivity contribution in [2.45, 2.75) is 6.92 Å². The summed E-state index contributed by atoms with van der Waals surface area (Å²) in [5, 5.41) is 5.09. The third kappa shape index (κ3) is 2.68. The van der Waals surface area contributed by atoms with Crippen molar-refractivity contribution in [1.82, 2.24) is 4.98 Å². The number of anilines is 2. The van der Waals surface area contributed by atoms with Gasteiger partial charge in [0, 0.05) is 10.9 Å². The molecule has 0 atom stereocenters. The van der Waals surface area contributed by atoms with Crippen LogP contribution < -0.4 is 10.2 Å². The number of fused-ring (bicyclic) bond motifs is 1. The van der Waals surface area contributed by atoms with E-state index in [1.54, 1.807) is 48.5 Å². The zero-order valence-electron chi connectivity index (χ0n) is 13.7. The summed E-state index contributed by atoms with van der Waals surface area (Å²) in [4.78, 5) is 42.6. The van der Waals surface area contributed by atoms with Gasteiger partial charge in [0.2, 0.25) is 0 Å². The molecule has 0 saturated carbocycles. The number of thiazole rings is 1. The third-order valence-corrected chi connectivity index (χ3v) is 4.90. The topological polar surface area (TPSA) is 79.4 Å². The Morgan fingerprint density at radius 1 is 1.00 bits per heavy atom. The van der Waals surface area contributed by atoms with Crippen LogP contribution in [0.5, 0.6) is 0 Å². The first-order chi connectivity index (χ1) is 12.5. The van der Waals surface area contributed by atoms with E-state index >= 15 is 0 Å². The molecule has 0 fully saturated rings. The molecule has 128 valence electrons. The predicted molar refractivity (Wildman–Crippen MR) is 98.8 cm³/mol. The van der Waals surface area contributed by atoms with Crippen LogP contribution in [0.25, 0.3) is 0 Å². The molecule has 0 bridgehead atoms. The Labute approximate surface area is 153 Å². The highest BCUT2D eigenvalue weighted by Gasteiger charge is 2.36. The SMILES string of the molecule is Cc1csc(NC(=O)c2ccc(N3C(=O)c4ccccc4C3=O)cc2)n1. The number of hydrogen-bond acceptors (Lipinski definition) is 5. The van der Waals surface area contributed by atoms with Gasteiger partial charge in [-0.05, 0) is 43.3 Å². The van der Waals surface area contributed by atoms with Crippen LogP contribution in [-0.2, 0) is 0 Å². The molecular weight excluding hydrogens is 350 g/mol. The summed E-state index contributed by atoms with van der Waals surface area (Å²) in [6.07, 6.45) is 0. The minimum atomic E-state index is -0.360. The van der Waals surface area contributed by atoms with E-state index in [-0.39, 0.29) is 17.7 Å². The quantitative estimate of drug-likeness (QED) is 0.722. The third-order valence-electron chi connectivity index (χ3n) is 4.02. The van der Waals surface area contributed by atoms with Crippen molar-refractivity contribution in [3.05, 3.63) is 76.3 Å². The zero-order valence-corrected chi connectivity index (χ0v) is 14.5. The number of amides is 3. The average molecular weight is 363 g/mol. The number of carbonyl (C=O) groups is 3. The lowest BCUT2D eigenvalue weighted by molar-refractivity contribution is 0.0925. The van der Waals surface area contributed by atoms with Crippen LogP contribution in [0.3, 0.4) is 0 Å².